The molecule has 14 nitrogen and oxygen atoms in total. The van der Waals surface area contributed by atoms with Gasteiger partial charge in [0.15, 0.2) is 5.60 Å². The van der Waals surface area contributed by atoms with Gasteiger partial charge in [0.2, 0.25) is 21.8 Å². The van der Waals surface area contributed by atoms with Gasteiger partial charge in [0, 0.05) is 23.8 Å². The number of halogens is 3. The fourth-order valence-corrected chi connectivity index (χ4v) is 9.90. The molecule has 1 unspecified atom stereocenters. The molecule has 3 fully saturated rings. The van der Waals surface area contributed by atoms with Crippen LogP contribution in [-0.2, 0) is 24.4 Å². The predicted molar refractivity (Wildman–Crippen MR) is 211 cm³/mol. The van der Waals surface area contributed by atoms with E-state index in [0.717, 1.165) is 24.0 Å². The summed E-state index contributed by atoms with van der Waals surface area (Å²) in [4.78, 5) is 62.1. The van der Waals surface area contributed by atoms with Crippen molar-refractivity contribution in [3.05, 3.63) is 42.4 Å². The standard InChI is InChI=1S/C41H54F3N5O9S/c1-8-24(4)48(37(53)54)32-25(9-2)18-23(3)12-10-11-13-26-20-40(26,36(52)47-59(55,56)38(5)16-17-38)46-33(50)30-21-39(6,41(43,44)49(30)35(32)51)58-34-29-19-27(42)14-15-28(29)31(57-7)22-45-34/h11,13-15,19,22-26,30,32H,8-10,12,16-18,20-21H2,1-7H3,(H,46,50)(H,47,52)(H,53,54)/b13-11-/t23-,24?,25-,26-,30+,32+,39-,40-/m1/s1. The number of alkyl halides is 2. The molecule has 1 aromatic heterocycles. The third-order valence-corrected chi connectivity index (χ3v) is 15.2. The molecule has 3 N–H and O–H groups in total. The Balaban J connectivity index is 1.50. The number of methoxy groups -OCH3 is 1. The van der Waals surface area contributed by atoms with Gasteiger partial charge >= 0.3 is 12.1 Å². The highest BCUT2D eigenvalue weighted by Gasteiger charge is 2.71. The smallest absolute Gasteiger partial charge is 0.408 e. The fraction of sp³-hybridized carbons (Fsp3) is 0.634. The summed E-state index contributed by atoms with van der Waals surface area (Å²) >= 11 is 0. The number of allylic oxidation sites excluding steroid dienone is 1. The van der Waals surface area contributed by atoms with Crippen molar-refractivity contribution in [3.8, 4) is 11.6 Å². The van der Waals surface area contributed by atoms with Gasteiger partial charge in [-0.25, -0.2) is 22.6 Å². The fourth-order valence-electron chi connectivity index (χ4n) is 8.59. The molecular weight excluding hydrogens is 796 g/mol. The molecule has 6 rings (SSSR count). The average Bonchev–Trinajstić information content (AvgIpc) is 4.08. The highest BCUT2D eigenvalue weighted by Crippen LogP contribution is 2.52. The molecule has 0 radical (unpaired) electrons. The van der Waals surface area contributed by atoms with Gasteiger partial charge in [-0.15, -0.1) is 0 Å². The highest BCUT2D eigenvalue weighted by molar-refractivity contribution is 7.91. The van der Waals surface area contributed by atoms with Gasteiger partial charge < -0.3 is 19.9 Å². The van der Waals surface area contributed by atoms with E-state index >= 15 is 13.6 Å². The second kappa shape index (κ2) is 15.8. The van der Waals surface area contributed by atoms with Crippen LogP contribution in [0.25, 0.3) is 10.8 Å². The Bertz CT molecular complexity index is 2150. The van der Waals surface area contributed by atoms with E-state index in [9.17, 15) is 32.3 Å². The molecule has 0 spiro atoms. The van der Waals surface area contributed by atoms with Crippen molar-refractivity contribution in [2.75, 3.05) is 7.11 Å². The molecule has 324 valence electrons. The molecule has 18 heteroatoms. The Labute approximate surface area is 342 Å². The molecule has 2 saturated carbocycles. The summed E-state index contributed by atoms with van der Waals surface area (Å²) in [5, 5.41) is 13.4. The van der Waals surface area contributed by atoms with E-state index in [1.807, 2.05) is 13.0 Å². The van der Waals surface area contributed by atoms with Gasteiger partial charge in [0.1, 0.15) is 29.2 Å². The second-order valence-electron chi connectivity index (χ2n) is 17.2. The molecular formula is C41H54F3N5O9S. The molecule has 1 aromatic carbocycles. The lowest BCUT2D eigenvalue weighted by Crippen LogP contribution is -2.65. The maximum absolute atomic E-state index is 17.7. The number of ether oxygens (including phenoxy) is 2. The third-order valence-electron chi connectivity index (χ3n) is 13.0. The number of hydrogen-bond donors (Lipinski definition) is 3. The summed E-state index contributed by atoms with van der Waals surface area (Å²) in [5.41, 5.74) is -4.63. The Morgan fingerprint density at radius 2 is 1.85 bits per heavy atom. The molecule has 2 aromatic rings. The monoisotopic (exact) mass is 849 g/mol. The second-order valence-corrected chi connectivity index (χ2v) is 19.4. The van der Waals surface area contributed by atoms with Crippen LogP contribution in [0.15, 0.2) is 36.5 Å². The topological polar surface area (TPSA) is 185 Å². The minimum absolute atomic E-state index is 0.0397. The van der Waals surface area contributed by atoms with Crippen molar-refractivity contribution in [3.63, 3.8) is 0 Å². The Kier molecular flexibility index (Phi) is 11.8. The van der Waals surface area contributed by atoms with Gasteiger partial charge in [-0.05, 0) is 95.8 Å². The maximum Gasteiger partial charge on any atom is 0.408 e. The molecule has 59 heavy (non-hydrogen) atoms. The minimum Gasteiger partial charge on any atom is -0.494 e. The van der Waals surface area contributed by atoms with Crippen molar-refractivity contribution in [1.82, 2.24) is 24.8 Å². The van der Waals surface area contributed by atoms with Crippen LogP contribution in [-0.4, -0.2) is 99.3 Å². The van der Waals surface area contributed by atoms with E-state index in [2.05, 4.69) is 15.0 Å². The van der Waals surface area contributed by atoms with Crippen molar-refractivity contribution >= 4 is 44.6 Å². The van der Waals surface area contributed by atoms with Crippen LogP contribution in [0, 0.1) is 23.6 Å². The SMILES string of the molecule is CCC(C)N(C(=O)O)[C@@H]1C(=O)N2[C@@H](C[C@@](C)(Oc3ncc(OC)c4ccc(F)cc34)C2(F)F)C(=O)N[C@]2(C(=O)NS(=O)(=O)C3(C)CC3)C[C@H]2/C=C\CC[C@@H](C)C[C@H]1CC. The first-order valence-corrected chi connectivity index (χ1v) is 21.7. The lowest BCUT2D eigenvalue weighted by atomic mass is 9.83. The van der Waals surface area contributed by atoms with Crippen LogP contribution >= 0.6 is 0 Å². The number of fused-ring (bicyclic) bond motifs is 3. The zero-order valence-corrected chi connectivity index (χ0v) is 35.2. The number of sulfonamides is 1. The largest absolute Gasteiger partial charge is 0.494 e. The van der Waals surface area contributed by atoms with Crippen molar-refractivity contribution in [2.45, 2.75) is 139 Å². The lowest BCUT2D eigenvalue weighted by Gasteiger charge is -2.43. The highest BCUT2D eigenvalue weighted by atomic mass is 32.2. The number of hydrogen-bond acceptors (Lipinski definition) is 9. The van der Waals surface area contributed by atoms with Crippen molar-refractivity contribution in [1.29, 1.82) is 0 Å². The number of amides is 4. The molecule has 0 bridgehead atoms. The zero-order valence-electron chi connectivity index (χ0n) is 34.4. The molecule has 4 amide bonds. The first kappa shape index (κ1) is 44.0. The van der Waals surface area contributed by atoms with Crippen LogP contribution in [0.5, 0.6) is 11.6 Å². The third kappa shape index (κ3) is 7.81. The Hall–Kier alpha value is -4.61. The van der Waals surface area contributed by atoms with Crippen LogP contribution in [0.1, 0.15) is 99.3 Å². The number of carboxylic acid groups (broad SMARTS) is 1. The molecule has 2 aliphatic carbocycles. The molecule has 4 aliphatic rings. The van der Waals surface area contributed by atoms with Crippen LogP contribution in [0.4, 0.5) is 18.0 Å². The number of pyridine rings is 1. The van der Waals surface area contributed by atoms with E-state index < -0.39 is 104 Å². The van der Waals surface area contributed by atoms with Gasteiger partial charge in [-0.1, -0.05) is 39.3 Å². The van der Waals surface area contributed by atoms with Gasteiger partial charge in [0.25, 0.3) is 11.8 Å². The molecule has 2 aliphatic heterocycles. The van der Waals surface area contributed by atoms with Crippen molar-refractivity contribution < 1.29 is 55.3 Å². The normalized spacial score (nSPS) is 31.4. The van der Waals surface area contributed by atoms with E-state index in [4.69, 9.17) is 9.47 Å². The van der Waals surface area contributed by atoms with Crippen LogP contribution in [0.2, 0.25) is 0 Å². The van der Waals surface area contributed by atoms with Crippen LogP contribution < -0.4 is 19.5 Å². The lowest BCUT2D eigenvalue weighted by molar-refractivity contribution is -0.219. The summed E-state index contributed by atoms with van der Waals surface area (Å²) in [6.45, 7) is 9.40. The minimum atomic E-state index is -4.37. The first-order valence-electron chi connectivity index (χ1n) is 20.2. The molecule has 8 atom stereocenters. The quantitative estimate of drug-likeness (QED) is 0.186. The summed E-state index contributed by atoms with van der Waals surface area (Å²) in [6.07, 6.45) is 4.71. The maximum atomic E-state index is 17.7. The number of carbonyl (C=O) groups excluding carboxylic acids is 3. The molecule has 1 saturated heterocycles. The number of aromatic nitrogens is 1. The van der Waals surface area contributed by atoms with E-state index in [0.29, 0.717) is 25.7 Å². The molecule has 3 heterocycles. The predicted octanol–water partition coefficient (Wildman–Crippen LogP) is 6.14. The number of nitrogens with zero attached hydrogens (tertiary/aromatic N) is 3. The summed E-state index contributed by atoms with van der Waals surface area (Å²) in [5.74, 6) is -6.18. The summed E-state index contributed by atoms with van der Waals surface area (Å²) < 4.78 is 88.8. The average molecular weight is 850 g/mol. The number of benzene rings is 1. The van der Waals surface area contributed by atoms with Crippen LogP contribution in [0.3, 0.4) is 0 Å². The number of nitrogens with one attached hydrogen (secondary N) is 2. The van der Waals surface area contributed by atoms with E-state index in [1.165, 1.54) is 26.3 Å². The summed E-state index contributed by atoms with van der Waals surface area (Å²) in [7, 11) is -2.84. The van der Waals surface area contributed by atoms with Crippen molar-refractivity contribution in [2.24, 2.45) is 17.8 Å². The number of rotatable bonds is 10. The van der Waals surface area contributed by atoms with Gasteiger partial charge in [0.05, 0.1) is 23.4 Å². The van der Waals surface area contributed by atoms with Gasteiger partial charge in [-0.3, -0.25) is 28.9 Å². The number of carbonyl (C=O) groups is 4. The Morgan fingerprint density at radius 3 is 2.46 bits per heavy atom. The summed E-state index contributed by atoms with van der Waals surface area (Å²) in [6, 6.07) is -5.41. The zero-order chi connectivity index (χ0) is 43.5. The van der Waals surface area contributed by atoms with Gasteiger partial charge in [-0.2, -0.15) is 8.78 Å². The van der Waals surface area contributed by atoms with E-state index in [1.54, 1.807) is 26.8 Å². The van der Waals surface area contributed by atoms with E-state index in [-0.39, 0.29) is 53.0 Å². The first-order chi connectivity index (χ1) is 27.6. The Morgan fingerprint density at radius 1 is 1.15 bits per heavy atom.